The van der Waals surface area contributed by atoms with Gasteiger partial charge in [-0.15, -0.1) is 11.6 Å². The zero-order chi connectivity index (χ0) is 12.3. The first-order chi connectivity index (χ1) is 7.35. The van der Waals surface area contributed by atoms with E-state index in [0.29, 0.717) is 11.5 Å². The molecule has 0 aliphatic heterocycles. The molecule has 0 saturated heterocycles. The molecular weight excluding hydrogens is 220 g/mol. The molecule has 0 aromatic carbocycles. The van der Waals surface area contributed by atoms with Gasteiger partial charge in [-0.25, -0.2) is 0 Å². The van der Waals surface area contributed by atoms with Crippen LogP contribution in [0.3, 0.4) is 0 Å². The molecule has 0 radical (unpaired) electrons. The first-order valence-electron chi connectivity index (χ1n) is 5.58. The Morgan fingerprint density at radius 2 is 1.94 bits per heavy atom. The maximum atomic E-state index is 11.6. The Bertz CT molecular complexity index is 370. The highest BCUT2D eigenvalue weighted by molar-refractivity contribution is 6.30. The van der Waals surface area contributed by atoms with E-state index >= 15 is 0 Å². The number of rotatable bonds is 3. The smallest absolute Gasteiger partial charge is 0.177 e. The quantitative estimate of drug-likeness (QED) is 0.682. The predicted octanol–water partition coefficient (Wildman–Crippen LogP) is 3.90. The second-order valence-electron chi connectivity index (χ2n) is 5.11. The lowest BCUT2D eigenvalue weighted by Crippen LogP contribution is -2.09. The number of carbonyl (C=O) groups is 1. The summed E-state index contributed by atoms with van der Waals surface area (Å²) >= 11 is 5.59. The minimum Gasteiger partial charge on any atom is -0.293 e. The Kier molecular flexibility index (Phi) is 4.15. The minimum atomic E-state index is -0.0971. The van der Waals surface area contributed by atoms with E-state index in [-0.39, 0.29) is 17.1 Å². The maximum absolute atomic E-state index is 11.6. The summed E-state index contributed by atoms with van der Waals surface area (Å²) < 4.78 is 0. The topological polar surface area (TPSA) is 17.1 Å². The molecule has 2 heteroatoms. The molecular formula is C14H19ClO. The molecule has 88 valence electrons. The molecule has 0 saturated carbocycles. The van der Waals surface area contributed by atoms with Crippen LogP contribution in [0.1, 0.15) is 27.7 Å². The lowest BCUT2D eigenvalue weighted by molar-refractivity contribution is -0.113. The largest absolute Gasteiger partial charge is 0.293 e. The summed E-state index contributed by atoms with van der Waals surface area (Å²) in [5.74, 6) is 0.502. The Balaban J connectivity index is 3.10. The summed E-state index contributed by atoms with van der Waals surface area (Å²) in [5, 5.41) is 0. The first kappa shape index (κ1) is 13.2. The van der Waals surface area contributed by atoms with E-state index in [1.165, 1.54) is 5.57 Å². The molecule has 0 atom stereocenters. The van der Waals surface area contributed by atoms with Crippen molar-refractivity contribution in [2.45, 2.75) is 27.7 Å². The van der Waals surface area contributed by atoms with Gasteiger partial charge in [-0.2, -0.15) is 0 Å². The Morgan fingerprint density at radius 1 is 1.31 bits per heavy atom. The van der Waals surface area contributed by atoms with E-state index in [9.17, 15) is 4.79 Å². The molecule has 0 heterocycles. The average Bonchev–Trinajstić information content (AvgIpc) is 2.35. The van der Waals surface area contributed by atoms with Gasteiger partial charge in [-0.3, -0.25) is 4.79 Å². The van der Waals surface area contributed by atoms with Gasteiger partial charge in [-0.1, -0.05) is 52.0 Å². The number of ketones is 1. The van der Waals surface area contributed by atoms with E-state index in [2.05, 4.69) is 33.8 Å². The fourth-order valence-electron chi connectivity index (χ4n) is 1.76. The van der Waals surface area contributed by atoms with Gasteiger partial charge >= 0.3 is 0 Å². The van der Waals surface area contributed by atoms with E-state index in [4.69, 9.17) is 11.6 Å². The van der Waals surface area contributed by atoms with Gasteiger partial charge in [0.25, 0.3) is 0 Å². The molecule has 0 aromatic heterocycles. The van der Waals surface area contributed by atoms with E-state index in [0.717, 1.165) is 0 Å². The number of Topliss-reactive ketones (excluding diaryl/α,β-unsaturated/α-hetero) is 1. The van der Waals surface area contributed by atoms with Crippen LogP contribution in [0.15, 0.2) is 35.5 Å². The van der Waals surface area contributed by atoms with Crippen molar-refractivity contribution in [3.8, 4) is 0 Å². The van der Waals surface area contributed by atoms with Crippen molar-refractivity contribution in [2.75, 3.05) is 5.88 Å². The van der Waals surface area contributed by atoms with Crippen LogP contribution < -0.4 is 0 Å². The third kappa shape index (κ3) is 3.34. The zero-order valence-electron chi connectivity index (χ0n) is 10.4. The summed E-state index contributed by atoms with van der Waals surface area (Å²) in [7, 11) is 0. The molecule has 1 nitrogen and oxygen atoms in total. The molecule has 0 unspecified atom stereocenters. The Labute approximate surface area is 103 Å². The number of allylic oxidation sites excluding steroid dienone is 6. The molecule has 1 aliphatic rings. The Morgan fingerprint density at radius 3 is 2.44 bits per heavy atom. The highest BCUT2D eigenvalue weighted by atomic mass is 35.5. The summed E-state index contributed by atoms with van der Waals surface area (Å²) in [6.45, 7) is 8.51. The van der Waals surface area contributed by atoms with Gasteiger partial charge in [0, 0.05) is 11.0 Å². The van der Waals surface area contributed by atoms with Crippen molar-refractivity contribution in [1.29, 1.82) is 0 Å². The summed E-state index contributed by atoms with van der Waals surface area (Å²) in [5.41, 5.74) is 1.88. The molecule has 16 heavy (non-hydrogen) atoms. The van der Waals surface area contributed by atoms with Gasteiger partial charge in [0.1, 0.15) is 0 Å². The van der Waals surface area contributed by atoms with Crippen molar-refractivity contribution < 1.29 is 4.79 Å². The highest BCUT2D eigenvalue weighted by Crippen LogP contribution is 2.29. The third-order valence-electron chi connectivity index (χ3n) is 2.63. The predicted molar refractivity (Wildman–Crippen MR) is 69.7 cm³/mol. The standard InChI is InChI=1S/C14H19ClO/c1-10(2)11-5-6-12(13(16)9-15)8-14(3,4)7-11/h5-8,10H,9H2,1-4H3. The van der Waals surface area contributed by atoms with Crippen LogP contribution in [0.5, 0.6) is 0 Å². The normalized spacial score (nSPS) is 19.1. The molecule has 0 fully saturated rings. The van der Waals surface area contributed by atoms with Crippen molar-refractivity contribution in [2.24, 2.45) is 11.3 Å². The van der Waals surface area contributed by atoms with Crippen molar-refractivity contribution >= 4 is 17.4 Å². The lowest BCUT2D eigenvalue weighted by atomic mass is 9.87. The van der Waals surface area contributed by atoms with Crippen LogP contribution in [0.4, 0.5) is 0 Å². The van der Waals surface area contributed by atoms with Crippen LogP contribution in [0, 0.1) is 11.3 Å². The summed E-state index contributed by atoms with van der Waals surface area (Å²) in [6, 6.07) is 0. The SMILES string of the molecule is CC(C)C1=CC(C)(C)C=C(C(=O)CCl)C=C1. The fraction of sp³-hybridized carbons (Fsp3) is 0.500. The molecule has 1 rings (SSSR count). The number of alkyl halides is 1. The van der Waals surface area contributed by atoms with Crippen molar-refractivity contribution in [3.05, 3.63) is 35.5 Å². The molecule has 0 bridgehead atoms. The van der Waals surface area contributed by atoms with Crippen LogP contribution in [0.25, 0.3) is 0 Å². The number of halogens is 1. The second kappa shape index (κ2) is 5.01. The number of hydrogen-bond donors (Lipinski definition) is 0. The summed E-state index contributed by atoms with van der Waals surface area (Å²) in [4.78, 5) is 11.6. The number of carbonyl (C=O) groups excluding carboxylic acids is 1. The minimum absolute atomic E-state index is 0.00982. The van der Waals surface area contributed by atoms with Gasteiger partial charge < -0.3 is 0 Å². The van der Waals surface area contributed by atoms with Crippen LogP contribution in [-0.4, -0.2) is 11.7 Å². The average molecular weight is 239 g/mol. The molecule has 0 spiro atoms. The van der Waals surface area contributed by atoms with Crippen LogP contribution >= 0.6 is 11.6 Å². The highest BCUT2D eigenvalue weighted by Gasteiger charge is 2.19. The van der Waals surface area contributed by atoms with Crippen molar-refractivity contribution in [1.82, 2.24) is 0 Å². The molecule has 0 N–H and O–H groups in total. The van der Waals surface area contributed by atoms with Gasteiger partial charge in [0.2, 0.25) is 0 Å². The zero-order valence-corrected chi connectivity index (χ0v) is 11.1. The molecule has 0 aromatic rings. The monoisotopic (exact) mass is 238 g/mol. The molecule has 0 amide bonds. The van der Waals surface area contributed by atoms with Crippen LogP contribution in [0.2, 0.25) is 0 Å². The van der Waals surface area contributed by atoms with E-state index in [1.54, 1.807) is 0 Å². The second-order valence-corrected chi connectivity index (χ2v) is 5.38. The van der Waals surface area contributed by atoms with Gasteiger partial charge in [-0.05, 0) is 11.5 Å². The maximum Gasteiger partial charge on any atom is 0.177 e. The van der Waals surface area contributed by atoms with Gasteiger partial charge in [0.15, 0.2) is 5.78 Å². The fourth-order valence-corrected chi connectivity index (χ4v) is 1.92. The lowest BCUT2D eigenvalue weighted by Gasteiger charge is -2.17. The van der Waals surface area contributed by atoms with Gasteiger partial charge in [0.05, 0.1) is 5.88 Å². The van der Waals surface area contributed by atoms with E-state index in [1.807, 2.05) is 18.2 Å². The van der Waals surface area contributed by atoms with E-state index < -0.39 is 0 Å². The summed E-state index contributed by atoms with van der Waals surface area (Å²) in [6.07, 6.45) is 8.10. The molecule has 1 aliphatic carbocycles. The van der Waals surface area contributed by atoms with Crippen molar-refractivity contribution in [3.63, 3.8) is 0 Å². The Hall–Kier alpha value is -0.820. The number of hydrogen-bond acceptors (Lipinski definition) is 1. The van der Waals surface area contributed by atoms with Crippen LogP contribution in [-0.2, 0) is 4.79 Å². The first-order valence-corrected chi connectivity index (χ1v) is 6.12. The third-order valence-corrected chi connectivity index (χ3v) is 2.87.